The molecule has 2 fully saturated rings. The summed E-state index contributed by atoms with van der Waals surface area (Å²) in [4.78, 5) is 0.502. The summed E-state index contributed by atoms with van der Waals surface area (Å²) in [6.07, 6.45) is 0.925. The lowest BCUT2D eigenvalue weighted by molar-refractivity contribution is -0.0438. The Kier molecular flexibility index (Phi) is 5.26. The number of hydrogen-bond donors (Lipinski definition) is 4. The molecule has 0 bridgehead atoms. The molecule has 0 radical (unpaired) electrons. The smallest absolute Gasteiger partial charge is 0.184 e. The van der Waals surface area contributed by atoms with Crippen molar-refractivity contribution in [3.8, 4) is 5.75 Å². The van der Waals surface area contributed by atoms with E-state index in [0.29, 0.717) is 52.7 Å². The average molecular weight is 433 g/mol. The Balaban J connectivity index is 1.44. The molecule has 0 spiro atoms. The molecule has 2 aromatic carbocycles. The first-order valence-electron chi connectivity index (χ1n) is 10.3. The average Bonchev–Trinajstić information content (AvgIpc) is 3.34. The highest BCUT2D eigenvalue weighted by Crippen LogP contribution is 2.56. The van der Waals surface area contributed by atoms with Crippen molar-refractivity contribution >= 4 is 16.7 Å². The third kappa shape index (κ3) is 3.73. The minimum atomic E-state index is -1.76. The molecule has 2 heterocycles. The van der Waals surface area contributed by atoms with E-state index in [-0.39, 0.29) is 11.4 Å². The van der Waals surface area contributed by atoms with Crippen molar-refractivity contribution in [3.63, 3.8) is 0 Å². The quantitative estimate of drug-likeness (QED) is 0.527. The van der Waals surface area contributed by atoms with Gasteiger partial charge in [-0.2, -0.15) is 0 Å². The molecular formula is C22H25FN2O4S. The number of aliphatic hydroxyl groups is 2. The van der Waals surface area contributed by atoms with Crippen molar-refractivity contribution in [1.29, 1.82) is 0 Å². The van der Waals surface area contributed by atoms with E-state index in [9.17, 15) is 18.8 Å². The van der Waals surface area contributed by atoms with Crippen LogP contribution in [0.2, 0.25) is 0 Å². The van der Waals surface area contributed by atoms with Gasteiger partial charge in [-0.1, -0.05) is 6.07 Å². The summed E-state index contributed by atoms with van der Waals surface area (Å²) >= 11 is 0. The van der Waals surface area contributed by atoms with Gasteiger partial charge in [0.2, 0.25) is 0 Å². The number of rotatable bonds is 6. The van der Waals surface area contributed by atoms with E-state index in [1.165, 1.54) is 18.2 Å². The number of hydrogen-bond acceptors (Lipinski definition) is 5. The summed E-state index contributed by atoms with van der Waals surface area (Å²) in [5, 5.41) is 23.3. The van der Waals surface area contributed by atoms with Crippen LogP contribution in [0.15, 0.2) is 35.2 Å². The maximum absolute atomic E-state index is 13.9. The van der Waals surface area contributed by atoms with Crippen LogP contribution in [0.1, 0.15) is 41.7 Å². The summed E-state index contributed by atoms with van der Waals surface area (Å²) in [5.41, 5.74) is 2.23. The summed E-state index contributed by atoms with van der Waals surface area (Å²) in [6, 6.07) is 7.91. The molecule has 8 heteroatoms. The number of ether oxygens (including phenoxy) is 1. The van der Waals surface area contributed by atoms with Crippen LogP contribution in [0.5, 0.6) is 5.75 Å². The topological polar surface area (TPSA) is 90.8 Å². The molecule has 1 aliphatic carbocycles. The van der Waals surface area contributed by atoms with Gasteiger partial charge in [-0.05, 0) is 79.6 Å². The highest BCUT2D eigenvalue weighted by atomic mass is 32.2. The molecule has 2 aromatic rings. The van der Waals surface area contributed by atoms with Gasteiger partial charge in [0.1, 0.15) is 11.6 Å². The maximum Gasteiger partial charge on any atom is 0.184 e. The van der Waals surface area contributed by atoms with Crippen LogP contribution in [0, 0.1) is 17.7 Å². The zero-order valence-corrected chi connectivity index (χ0v) is 17.3. The number of aliphatic hydroxyl groups excluding tert-OH is 1. The lowest BCUT2D eigenvalue weighted by Gasteiger charge is -2.24. The van der Waals surface area contributed by atoms with Gasteiger partial charge in [0.25, 0.3) is 0 Å². The second-order valence-corrected chi connectivity index (χ2v) is 9.60. The molecule has 4 N–H and O–H groups in total. The standard InChI is InChI=1S/C22H25FN2O4S/c23-15-1-4-19(13(8-15)7-12-5-6-24-10-12)30(28)25-18-3-2-16-17-9-14(17)11-29-21(16)20(18)22(26)27/h1-4,8,12,14,17,22,24-27H,5-7,9-11H2/t12-,14-,17-,30?/m0/s1. The van der Waals surface area contributed by atoms with Gasteiger partial charge in [0, 0.05) is 5.92 Å². The van der Waals surface area contributed by atoms with Gasteiger partial charge in [-0.3, -0.25) is 0 Å². The molecule has 160 valence electrons. The molecule has 0 amide bonds. The van der Waals surface area contributed by atoms with E-state index in [0.717, 1.165) is 31.5 Å². The van der Waals surface area contributed by atoms with Crippen molar-refractivity contribution < 1.29 is 23.5 Å². The van der Waals surface area contributed by atoms with Crippen LogP contribution in [-0.4, -0.2) is 34.1 Å². The predicted octanol–water partition coefficient (Wildman–Crippen LogP) is 2.59. The van der Waals surface area contributed by atoms with Gasteiger partial charge >= 0.3 is 0 Å². The van der Waals surface area contributed by atoms with Crippen LogP contribution >= 0.6 is 0 Å². The second-order valence-electron chi connectivity index (χ2n) is 8.42. The zero-order valence-electron chi connectivity index (χ0n) is 16.4. The molecule has 1 saturated carbocycles. The Morgan fingerprint density at radius 2 is 2.17 bits per heavy atom. The number of benzene rings is 2. The molecular weight excluding hydrogens is 407 g/mol. The Labute approximate surface area is 177 Å². The molecule has 30 heavy (non-hydrogen) atoms. The fourth-order valence-electron chi connectivity index (χ4n) is 4.66. The summed E-state index contributed by atoms with van der Waals surface area (Å²) < 4.78 is 35.8. The third-order valence-corrected chi connectivity index (χ3v) is 7.55. The lowest BCUT2D eigenvalue weighted by Crippen LogP contribution is -2.17. The molecule has 2 aliphatic heterocycles. The Morgan fingerprint density at radius 1 is 1.30 bits per heavy atom. The van der Waals surface area contributed by atoms with Crippen molar-refractivity contribution in [1.82, 2.24) is 5.32 Å². The first-order valence-corrected chi connectivity index (χ1v) is 11.5. The highest BCUT2D eigenvalue weighted by molar-refractivity contribution is 7.86. The van der Waals surface area contributed by atoms with Crippen LogP contribution in [0.3, 0.4) is 0 Å². The van der Waals surface area contributed by atoms with Crippen LogP contribution in [0.4, 0.5) is 10.1 Å². The monoisotopic (exact) mass is 432 g/mol. The van der Waals surface area contributed by atoms with Gasteiger partial charge in [-0.25, -0.2) is 8.60 Å². The highest BCUT2D eigenvalue weighted by Gasteiger charge is 2.45. The SMILES string of the molecule is O=S(Nc1ccc2c(c1C(O)O)OC[C@@H]1C[C@H]21)c1ccc(F)cc1C[C@@H]1CCNC1. The third-order valence-electron chi connectivity index (χ3n) is 6.34. The van der Waals surface area contributed by atoms with E-state index in [4.69, 9.17) is 4.74 Å². The molecule has 1 saturated heterocycles. The van der Waals surface area contributed by atoms with Crippen molar-refractivity contribution in [3.05, 3.63) is 52.8 Å². The molecule has 6 nitrogen and oxygen atoms in total. The maximum atomic E-state index is 13.9. The van der Waals surface area contributed by atoms with Gasteiger partial charge < -0.3 is 25.0 Å². The van der Waals surface area contributed by atoms with E-state index in [1.54, 1.807) is 6.07 Å². The van der Waals surface area contributed by atoms with Crippen LogP contribution in [-0.2, 0) is 17.4 Å². The van der Waals surface area contributed by atoms with Gasteiger partial charge in [-0.15, -0.1) is 0 Å². The van der Waals surface area contributed by atoms with E-state index in [2.05, 4.69) is 10.0 Å². The summed E-state index contributed by atoms with van der Waals surface area (Å²) in [5.74, 6) is 1.39. The number of anilines is 1. The van der Waals surface area contributed by atoms with E-state index < -0.39 is 17.3 Å². The lowest BCUT2D eigenvalue weighted by atomic mass is 9.98. The summed E-state index contributed by atoms with van der Waals surface area (Å²) in [7, 11) is -1.70. The Bertz CT molecular complexity index is 993. The Hall–Kier alpha value is -2.00. The molecule has 5 rings (SSSR count). The first kappa shape index (κ1) is 19.9. The molecule has 3 aliphatic rings. The van der Waals surface area contributed by atoms with E-state index >= 15 is 0 Å². The largest absolute Gasteiger partial charge is 0.492 e. The van der Waals surface area contributed by atoms with Crippen molar-refractivity contribution in [2.45, 2.75) is 36.4 Å². The van der Waals surface area contributed by atoms with Gasteiger partial charge in [0.15, 0.2) is 17.3 Å². The number of halogens is 1. The molecule has 1 unspecified atom stereocenters. The minimum Gasteiger partial charge on any atom is -0.492 e. The predicted molar refractivity (Wildman–Crippen MR) is 111 cm³/mol. The van der Waals surface area contributed by atoms with Gasteiger partial charge in [0.05, 0.1) is 22.8 Å². The number of nitrogens with one attached hydrogen (secondary N) is 2. The second kappa shape index (κ2) is 7.92. The fraction of sp³-hybridized carbons (Fsp3) is 0.455. The zero-order chi connectivity index (χ0) is 20.8. The normalized spacial score (nSPS) is 25.4. The van der Waals surface area contributed by atoms with Crippen molar-refractivity contribution in [2.24, 2.45) is 11.8 Å². The first-order chi connectivity index (χ1) is 14.5. The molecule has 4 atom stereocenters. The summed E-state index contributed by atoms with van der Waals surface area (Å²) in [6.45, 7) is 2.36. The minimum absolute atomic E-state index is 0.204. The number of fused-ring (bicyclic) bond motifs is 3. The Morgan fingerprint density at radius 3 is 2.93 bits per heavy atom. The van der Waals surface area contributed by atoms with Crippen LogP contribution < -0.4 is 14.8 Å². The molecule has 0 aromatic heterocycles. The van der Waals surface area contributed by atoms with E-state index in [1.807, 2.05) is 6.07 Å². The van der Waals surface area contributed by atoms with Crippen LogP contribution in [0.25, 0.3) is 0 Å². The van der Waals surface area contributed by atoms with Crippen molar-refractivity contribution in [2.75, 3.05) is 24.4 Å². The fourth-order valence-corrected chi connectivity index (χ4v) is 5.72.